The zero-order chi connectivity index (χ0) is 13.5. The SMILES string of the molecule is [CH3][Sn]([CH3])([CH3])[c]1cc([O][Tl])cc2ccc(F)c(Cl)c12. The van der Waals surface area contributed by atoms with Gasteiger partial charge in [0.25, 0.3) is 0 Å². The van der Waals surface area contributed by atoms with Crippen LogP contribution < -0.4 is 6.27 Å². The van der Waals surface area contributed by atoms with Crippen molar-refractivity contribution in [2.45, 2.75) is 14.8 Å². The summed E-state index contributed by atoms with van der Waals surface area (Å²) in [6, 6.07) is 7.21. The van der Waals surface area contributed by atoms with Crippen molar-refractivity contribution < 1.29 is 7.08 Å². The Bertz CT molecular complexity index is 610. The van der Waals surface area contributed by atoms with Crippen LogP contribution in [0.5, 0.6) is 5.75 Å². The molecule has 5 heteroatoms. The first-order valence-electron chi connectivity index (χ1n) is 5.63. The van der Waals surface area contributed by atoms with E-state index in [9.17, 15) is 4.39 Å². The zero-order valence-electron chi connectivity index (χ0n) is 10.6. The molecule has 0 N–H and O–H groups in total. The number of rotatable bonds is 2. The second kappa shape index (κ2) is 5.44. The first kappa shape index (κ1) is 14.8. The minimum atomic E-state index is -2.38. The second-order valence-corrected chi connectivity index (χ2v) is 21.0. The Morgan fingerprint density at radius 3 is 2.44 bits per heavy atom. The van der Waals surface area contributed by atoms with Gasteiger partial charge in [0.15, 0.2) is 0 Å². The molecule has 0 unspecified atom stereocenters. The zero-order valence-corrected chi connectivity index (χ0v) is 18.6. The Kier molecular flexibility index (Phi) is 4.48. The molecule has 0 aliphatic carbocycles. The van der Waals surface area contributed by atoms with E-state index in [0.29, 0.717) is 26.2 Å². The molecule has 0 aromatic heterocycles. The third kappa shape index (κ3) is 2.80. The fourth-order valence-corrected chi connectivity index (χ4v) is 7.61. The van der Waals surface area contributed by atoms with Crippen LogP contribution >= 0.6 is 11.6 Å². The van der Waals surface area contributed by atoms with E-state index in [1.807, 2.05) is 6.07 Å². The van der Waals surface area contributed by atoms with E-state index in [4.69, 9.17) is 14.3 Å². The topological polar surface area (TPSA) is 9.23 Å². The van der Waals surface area contributed by atoms with Crippen molar-refractivity contribution in [3.8, 4) is 5.75 Å². The molecule has 0 aliphatic heterocycles. The van der Waals surface area contributed by atoms with Crippen molar-refractivity contribution in [3.05, 3.63) is 35.1 Å². The predicted octanol–water partition coefficient (Wildman–Crippen LogP) is 3.64. The van der Waals surface area contributed by atoms with Crippen LogP contribution in [0.3, 0.4) is 0 Å². The van der Waals surface area contributed by atoms with E-state index in [2.05, 4.69) is 20.9 Å². The fraction of sp³-hybridized carbons (Fsp3) is 0.231. The Hall–Kier alpha value is 0.441. The minimum absolute atomic E-state index is 0.247. The summed E-state index contributed by atoms with van der Waals surface area (Å²) in [6.07, 6.45) is 0. The standard InChI is InChI=1S/C10H5ClFO.3CH3.Sn.Tl/c11-10-8-3-2-7(13)5-6(8)1-4-9(10)12;;;;;/h1-2,4-5,13H;3*1H3;;/q;;;;;+1/p-1. The van der Waals surface area contributed by atoms with Gasteiger partial charge in [-0.15, -0.1) is 0 Å². The molecule has 1 nitrogen and oxygen atoms in total. The summed E-state index contributed by atoms with van der Waals surface area (Å²) >= 11 is 4.23. The van der Waals surface area contributed by atoms with Gasteiger partial charge in [-0.3, -0.25) is 0 Å². The summed E-state index contributed by atoms with van der Waals surface area (Å²) in [4.78, 5) is 6.89. The van der Waals surface area contributed by atoms with E-state index in [1.54, 1.807) is 6.07 Å². The van der Waals surface area contributed by atoms with Gasteiger partial charge in [0.1, 0.15) is 0 Å². The predicted molar refractivity (Wildman–Crippen MR) is 78.3 cm³/mol. The number of hydrogen-bond donors (Lipinski definition) is 0. The molecule has 0 saturated heterocycles. The van der Waals surface area contributed by atoms with Gasteiger partial charge in [-0.2, -0.15) is 0 Å². The van der Waals surface area contributed by atoms with Gasteiger partial charge >= 0.3 is 133 Å². The van der Waals surface area contributed by atoms with E-state index >= 15 is 0 Å². The van der Waals surface area contributed by atoms with Crippen molar-refractivity contribution in [3.63, 3.8) is 0 Å². The summed E-state index contributed by atoms with van der Waals surface area (Å²) in [5, 5.41) is 2.10. The van der Waals surface area contributed by atoms with E-state index in [1.165, 1.54) is 9.65 Å². The quantitative estimate of drug-likeness (QED) is 0.508. The van der Waals surface area contributed by atoms with Crippen molar-refractivity contribution in [2.24, 2.45) is 0 Å². The molecule has 0 radical (unpaired) electrons. The van der Waals surface area contributed by atoms with Crippen LogP contribution in [-0.4, -0.2) is 44.6 Å². The Labute approximate surface area is 132 Å². The summed E-state index contributed by atoms with van der Waals surface area (Å²) in [6.45, 7) is 0. The van der Waals surface area contributed by atoms with Gasteiger partial charge in [-0.05, 0) is 0 Å². The molecule has 0 heterocycles. The normalized spacial score (nSPS) is 11.8. The van der Waals surface area contributed by atoms with Crippen molar-refractivity contribution >= 4 is 70.5 Å². The summed E-state index contributed by atoms with van der Waals surface area (Å²) in [5.41, 5.74) is 0. The monoisotopic (exact) mass is 564 g/mol. The van der Waals surface area contributed by atoms with Crippen LogP contribution in [0.2, 0.25) is 19.8 Å². The molecule has 2 rings (SSSR count). The van der Waals surface area contributed by atoms with Gasteiger partial charge in [0.05, 0.1) is 0 Å². The van der Waals surface area contributed by atoms with Crippen LogP contribution in [0.4, 0.5) is 4.39 Å². The molecule has 92 valence electrons. The van der Waals surface area contributed by atoms with Crippen LogP contribution in [0.15, 0.2) is 24.3 Å². The Morgan fingerprint density at radius 1 is 1.22 bits per heavy atom. The van der Waals surface area contributed by atoms with Crippen LogP contribution in [-0.2, 0) is 0 Å². The number of fused-ring (bicyclic) bond motifs is 1. The molecule has 0 saturated carbocycles. The fourth-order valence-electron chi connectivity index (χ4n) is 2.03. The van der Waals surface area contributed by atoms with Crippen LogP contribution in [0.1, 0.15) is 0 Å². The maximum absolute atomic E-state index is 13.7. The molecule has 0 amide bonds. The summed E-state index contributed by atoms with van der Waals surface area (Å²) in [5.74, 6) is 0.541. The summed E-state index contributed by atoms with van der Waals surface area (Å²) in [7, 11) is 0. The molecule has 0 aliphatic rings. The molecule has 0 bridgehead atoms. The molecule has 0 fully saturated rings. The van der Waals surface area contributed by atoms with Gasteiger partial charge in [0, 0.05) is 0 Å². The number of benzene rings is 2. The van der Waals surface area contributed by atoms with E-state index in [0.717, 1.165) is 16.5 Å². The number of hydrogen-bond acceptors (Lipinski definition) is 1. The van der Waals surface area contributed by atoms with E-state index < -0.39 is 18.4 Å². The number of halogens is 2. The van der Waals surface area contributed by atoms with Crippen molar-refractivity contribution in [2.75, 3.05) is 0 Å². The third-order valence-corrected chi connectivity index (χ3v) is 10.1. The average Bonchev–Trinajstić information content (AvgIpc) is 2.31. The van der Waals surface area contributed by atoms with Crippen LogP contribution in [0.25, 0.3) is 10.8 Å². The molecular formula is C13H13ClFOSnTl. The van der Waals surface area contributed by atoms with Gasteiger partial charge in [-0.1, -0.05) is 0 Å². The Balaban J connectivity index is 2.92. The maximum atomic E-state index is 13.7. The van der Waals surface area contributed by atoms with Gasteiger partial charge < -0.3 is 0 Å². The Morgan fingerprint density at radius 2 is 1.89 bits per heavy atom. The summed E-state index contributed by atoms with van der Waals surface area (Å²) < 4.78 is 20.4. The van der Waals surface area contributed by atoms with Crippen LogP contribution in [0, 0.1) is 5.82 Å². The van der Waals surface area contributed by atoms with Gasteiger partial charge in [-0.25, -0.2) is 0 Å². The first-order chi connectivity index (χ1) is 8.34. The molecule has 2 aromatic rings. The van der Waals surface area contributed by atoms with Crippen molar-refractivity contribution in [1.29, 1.82) is 0 Å². The average molecular weight is 563 g/mol. The molecular weight excluding hydrogens is 550 g/mol. The second-order valence-electron chi connectivity index (χ2n) is 5.30. The van der Waals surface area contributed by atoms with Crippen molar-refractivity contribution in [1.82, 2.24) is 0 Å². The first-order valence-corrected chi connectivity index (χ1v) is 17.8. The molecule has 0 spiro atoms. The van der Waals surface area contributed by atoms with E-state index in [-0.39, 0.29) is 10.8 Å². The van der Waals surface area contributed by atoms with Gasteiger partial charge in [0.2, 0.25) is 0 Å². The molecule has 0 atom stereocenters. The third-order valence-electron chi connectivity index (χ3n) is 2.92. The molecule has 18 heavy (non-hydrogen) atoms. The molecule has 2 aromatic carbocycles.